The van der Waals surface area contributed by atoms with Crippen LogP contribution >= 0.6 is 0 Å². The number of hydrazine groups is 1. The molecule has 1 aromatic carbocycles. The fourth-order valence-corrected chi connectivity index (χ4v) is 1.92. The monoisotopic (exact) mass is 296 g/mol. The number of carbonyl (C=O) groups excluding carboxylic acids is 2. The van der Waals surface area contributed by atoms with Gasteiger partial charge in [-0.25, -0.2) is 4.98 Å². The number of para-hydroxylation sites is 1. The number of fused-ring (bicyclic) bond motifs is 1. The van der Waals surface area contributed by atoms with E-state index < -0.39 is 11.8 Å². The molecule has 0 aliphatic carbocycles. The number of hydrogen-bond donors (Lipinski definition) is 2. The fraction of sp³-hybridized carbons (Fsp3) is 0.0667. The molecule has 2 amide bonds. The molecule has 7 nitrogen and oxygen atoms in total. The van der Waals surface area contributed by atoms with Crippen LogP contribution in [0.5, 0.6) is 5.75 Å². The molecule has 22 heavy (non-hydrogen) atoms. The topological polar surface area (TPSA) is 93.2 Å². The Kier molecular flexibility index (Phi) is 3.78. The molecule has 0 saturated heterocycles. The van der Waals surface area contributed by atoms with E-state index in [1.54, 1.807) is 6.08 Å². The van der Waals surface area contributed by atoms with Gasteiger partial charge in [-0.3, -0.25) is 25.4 Å². The molecule has 7 heteroatoms. The zero-order valence-corrected chi connectivity index (χ0v) is 11.4. The Labute approximate surface area is 126 Å². The Morgan fingerprint density at radius 2 is 1.91 bits per heavy atom. The first kappa shape index (κ1) is 13.7. The molecule has 1 aromatic heterocycles. The number of nitrogens with zero attached hydrogens (tertiary/aromatic N) is 2. The molecule has 0 fully saturated rings. The molecule has 1 aliphatic heterocycles. The highest BCUT2D eigenvalue weighted by atomic mass is 16.5. The van der Waals surface area contributed by atoms with Crippen LogP contribution in [0.4, 0.5) is 0 Å². The maximum absolute atomic E-state index is 12.0. The average molecular weight is 296 g/mol. The first-order chi connectivity index (χ1) is 10.7. The Bertz CT molecular complexity index is 743. The lowest BCUT2D eigenvalue weighted by molar-refractivity contribution is -0.118. The third-order valence-corrected chi connectivity index (χ3v) is 3.01. The molecule has 0 atom stereocenters. The van der Waals surface area contributed by atoms with Crippen LogP contribution in [0.3, 0.4) is 0 Å². The zero-order chi connectivity index (χ0) is 15.4. The summed E-state index contributed by atoms with van der Waals surface area (Å²) in [5, 5.41) is 0. The molecule has 1 aliphatic rings. The van der Waals surface area contributed by atoms with Crippen molar-refractivity contribution in [2.24, 2.45) is 0 Å². The smallest absolute Gasteiger partial charge is 0.289 e. The van der Waals surface area contributed by atoms with Gasteiger partial charge < -0.3 is 4.74 Å². The normalized spacial score (nSPS) is 12.5. The minimum Gasteiger partial charge on any atom is -0.488 e. The molecule has 110 valence electrons. The number of nitrogens with one attached hydrogen (secondary N) is 2. The van der Waals surface area contributed by atoms with Crippen molar-refractivity contribution in [3.8, 4) is 5.75 Å². The molecule has 0 radical (unpaired) electrons. The summed E-state index contributed by atoms with van der Waals surface area (Å²) in [6, 6.07) is 7.39. The summed E-state index contributed by atoms with van der Waals surface area (Å²) in [4.78, 5) is 31.4. The second-order valence-corrected chi connectivity index (χ2v) is 4.49. The van der Waals surface area contributed by atoms with Gasteiger partial charge in [0.25, 0.3) is 11.8 Å². The van der Waals surface area contributed by atoms with Crippen LogP contribution in [-0.4, -0.2) is 28.4 Å². The number of hydrogen-bond acceptors (Lipinski definition) is 5. The van der Waals surface area contributed by atoms with Crippen molar-refractivity contribution in [2.75, 3.05) is 6.61 Å². The highest BCUT2D eigenvalue weighted by Gasteiger charge is 2.17. The number of aromatic nitrogens is 2. The summed E-state index contributed by atoms with van der Waals surface area (Å²) in [6.45, 7) is 0.143. The third kappa shape index (κ3) is 2.93. The summed E-state index contributed by atoms with van der Waals surface area (Å²) in [5.74, 6) is -0.256. The van der Waals surface area contributed by atoms with Gasteiger partial charge in [0.15, 0.2) is 0 Å². The molecule has 0 unspecified atom stereocenters. The summed E-state index contributed by atoms with van der Waals surface area (Å²) < 4.78 is 5.48. The van der Waals surface area contributed by atoms with Gasteiger partial charge >= 0.3 is 0 Å². The average Bonchev–Trinajstić information content (AvgIpc) is 2.59. The van der Waals surface area contributed by atoms with Crippen LogP contribution in [0.25, 0.3) is 6.08 Å². The Morgan fingerprint density at radius 3 is 2.73 bits per heavy atom. The number of carbonyl (C=O) groups is 2. The maximum atomic E-state index is 12.0. The minimum atomic E-state index is -0.542. The second-order valence-electron chi connectivity index (χ2n) is 4.49. The van der Waals surface area contributed by atoms with Gasteiger partial charge in [0.1, 0.15) is 18.1 Å². The Balaban J connectivity index is 1.64. The highest BCUT2D eigenvalue weighted by Crippen LogP contribution is 2.25. The SMILES string of the molecule is O=C(NNC(=O)c1cnccn1)C1=Cc2ccccc2OC1. The summed E-state index contributed by atoms with van der Waals surface area (Å²) >= 11 is 0. The van der Waals surface area contributed by atoms with Gasteiger partial charge in [0.05, 0.1) is 11.8 Å². The van der Waals surface area contributed by atoms with Gasteiger partial charge in [-0.05, 0) is 12.1 Å². The van der Waals surface area contributed by atoms with Crippen molar-refractivity contribution >= 4 is 17.9 Å². The standard InChI is InChI=1S/C15H12N4O3/c20-14(18-19-15(21)12-8-16-5-6-17-12)11-7-10-3-1-2-4-13(10)22-9-11/h1-8H,9H2,(H,18,20)(H,19,21). The maximum Gasteiger partial charge on any atom is 0.289 e. The van der Waals surface area contributed by atoms with E-state index in [9.17, 15) is 9.59 Å². The van der Waals surface area contributed by atoms with Crippen molar-refractivity contribution in [3.63, 3.8) is 0 Å². The van der Waals surface area contributed by atoms with Crippen LogP contribution in [-0.2, 0) is 4.79 Å². The second kappa shape index (κ2) is 6.04. The molecule has 0 spiro atoms. The van der Waals surface area contributed by atoms with Crippen LogP contribution in [0, 0.1) is 0 Å². The highest BCUT2D eigenvalue weighted by molar-refractivity contribution is 6.01. The van der Waals surface area contributed by atoms with Crippen molar-refractivity contribution in [2.45, 2.75) is 0 Å². The van der Waals surface area contributed by atoms with E-state index in [1.807, 2.05) is 24.3 Å². The zero-order valence-electron chi connectivity index (χ0n) is 11.4. The first-order valence-corrected chi connectivity index (χ1v) is 6.53. The van der Waals surface area contributed by atoms with Crippen LogP contribution in [0.1, 0.15) is 16.1 Å². The fourth-order valence-electron chi connectivity index (χ4n) is 1.92. The number of ether oxygens (including phenoxy) is 1. The molecule has 0 saturated carbocycles. The molecular weight excluding hydrogens is 284 g/mol. The summed E-state index contributed by atoms with van der Waals surface area (Å²) in [7, 11) is 0. The quantitative estimate of drug-likeness (QED) is 0.796. The van der Waals surface area contributed by atoms with Gasteiger partial charge in [-0.2, -0.15) is 0 Å². The van der Waals surface area contributed by atoms with Crippen molar-refractivity contribution < 1.29 is 14.3 Å². The predicted octanol–water partition coefficient (Wildman–Crippen LogP) is 0.714. The van der Waals surface area contributed by atoms with E-state index in [0.29, 0.717) is 5.57 Å². The third-order valence-electron chi connectivity index (χ3n) is 3.01. The molecule has 0 bridgehead atoms. The summed E-state index contributed by atoms with van der Waals surface area (Å²) in [6.07, 6.45) is 5.88. The van der Waals surface area contributed by atoms with Gasteiger partial charge in [-0.15, -0.1) is 0 Å². The van der Waals surface area contributed by atoms with E-state index in [1.165, 1.54) is 18.6 Å². The van der Waals surface area contributed by atoms with Gasteiger partial charge in [-0.1, -0.05) is 18.2 Å². The minimum absolute atomic E-state index is 0.113. The lowest BCUT2D eigenvalue weighted by Crippen LogP contribution is -2.43. The van der Waals surface area contributed by atoms with Crippen molar-refractivity contribution in [3.05, 3.63) is 59.7 Å². The lowest BCUT2D eigenvalue weighted by atomic mass is 10.1. The Hall–Kier alpha value is -3.22. The number of amides is 2. The molecular formula is C15H12N4O3. The number of benzene rings is 1. The van der Waals surface area contributed by atoms with Crippen molar-refractivity contribution in [1.82, 2.24) is 20.8 Å². The lowest BCUT2D eigenvalue weighted by Gasteiger charge is -2.17. The molecule has 2 aromatic rings. The van der Waals surface area contributed by atoms with Crippen molar-refractivity contribution in [1.29, 1.82) is 0 Å². The van der Waals surface area contributed by atoms with E-state index in [4.69, 9.17) is 4.74 Å². The predicted molar refractivity (Wildman–Crippen MR) is 77.6 cm³/mol. The summed E-state index contributed by atoms with van der Waals surface area (Å²) in [5.41, 5.74) is 5.96. The van der Waals surface area contributed by atoms with Crippen LogP contribution < -0.4 is 15.6 Å². The van der Waals surface area contributed by atoms with E-state index in [-0.39, 0.29) is 12.3 Å². The first-order valence-electron chi connectivity index (χ1n) is 6.53. The Morgan fingerprint density at radius 1 is 1.09 bits per heavy atom. The van der Waals surface area contributed by atoms with E-state index in [0.717, 1.165) is 11.3 Å². The van der Waals surface area contributed by atoms with Crippen LogP contribution in [0.15, 0.2) is 48.4 Å². The van der Waals surface area contributed by atoms with Gasteiger partial charge in [0, 0.05) is 18.0 Å². The van der Waals surface area contributed by atoms with E-state index in [2.05, 4.69) is 20.8 Å². The molecule has 3 rings (SSSR count). The number of rotatable bonds is 2. The largest absolute Gasteiger partial charge is 0.488 e. The van der Waals surface area contributed by atoms with E-state index >= 15 is 0 Å². The van der Waals surface area contributed by atoms with Gasteiger partial charge in [0.2, 0.25) is 0 Å². The molecule has 2 heterocycles. The molecule has 2 N–H and O–H groups in total. The van der Waals surface area contributed by atoms with Crippen LogP contribution in [0.2, 0.25) is 0 Å².